The van der Waals surface area contributed by atoms with Crippen LogP contribution in [0.1, 0.15) is 11.1 Å². The van der Waals surface area contributed by atoms with Gasteiger partial charge in [-0.25, -0.2) is 8.42 Å². The summed E-state index contributed by atoms with van der Waals surface area (Å²) in [6.45, 7) is 1.42. The molecule has 0 fully saturated rings. The van der Waals surface area contributed by atoms with Crippen molar-refractivity contribution in [3.05, 3.63) is 53.6 Å². The first kappa shape index (κ1) is 20.0. The highest BCUT2D eigenvalue weighted by molar-refractivity contribution is 7.92. The number of carbonyl (C=O) groups excluding carboxylic acids is 1. The van der Waals surface area contributed by atoms with E-state index in [2.05, 4.69) is 5.32 Å². The number of alkyl halides is 3. The van der Waals surface area contributed by atoms with Gasteiger partial charge in [-0.05, 0) is 36.8 Å². The van der Waals surface area contributed by atoms with Crippen LogP contribution in [0, 0.1) is 6.92 Å². The Hall–Kier alpha value is -2.75. The van der Waals surface area contributed by atoms with Crippen LogP contribution in [0.25, 0.3) is 0 Å². The molecule has 0 aliphatic carbocycles. The molecule has 1 heterocycles. The van der Waals surface area contributed by atoms with E-state index < -0.39 is 39.5 Å². The van der Waals surface area contributed by atoms with Gasteiger partial charge < -0.3 is 10.1 Å². The number of amides is 1. The second-order valence-corrected chi connectivity index (χ2v) is 8.31. The van der Waals surface area contributed by atoms with E-state index in [1.165, 1.54) is 18.2 Å². The number of aryl methyl sites for hydroxylation is 1. The maximum Gasteiger partial charge on any atom is 0.418 e. The smallest absolute Gasteiger partial charge is 0.418 e. The first-order valence-corrected chi connectivity index (χ1v) is 10.0. The van der Waals surface area contributed by atoms with Gasteiger partial charge in [0.1, 0.15) is 5.75 Å². The molecule has 0 saturated heterocycles. The normalized spacial score (nSPS) is 16.9. The van der Waals surface area contributed by atoms with Crippen molar-refractivity contribution in [1.82, 2.24) is 0 Å². The highest BCUT2D eigenvalue weighted by Gasteiger charge is 2.37. The maximum absolute atomic E-state index is 13.1. The van der Waals surface area contributed by atoms with E-state index in [9.17, 15) is 26.4 Å². The summed E-state index contributed by atoms with van der Waals surface area (Å²) in [5.74, 6) is -0.719. The summed E-state index contributed by atoms with van der Waals surface area (Å²) < 4.78 is 70.3. The fourth-order valence-electron chi connectivity index (χ4n) is 2.86. The average molecular weight is 414 g/mol. The highest BCUT2D eigenvalue weighted by atomic mass is 32.2. The standard InChI is InChI=1S/C18H17F3N2O4S/c1-11-7-8-15-14(9-11)23(28(2,25)26)10-16(27-15)17(24)22-13-6-4-3-5-12(13)18(19,20)21/h3-9,16H,10H2,1-2H3,(H,22,24). The van der Waals surface area contributed by atoms with E-state index in [-0.39, 0.29) is 18.0 Å². The first-order chi connectivity index (χ1) is 13.0. The molecular formula is C18H17F3N2O4S. The summed E-state index contributed by atoms with van der Waals surface area (Å²) in [5.41, 5.74) is -0.361. The second-order valence-electron chi connectivity index (χ2n) is 6.40. The molecule has 0 spiro atoms. The molecule has 2 aromatic rings. The van der Waals surface area contributed by atoms with Crippen LogP contribution in [-0.4, -0.2) is 33.2 Å². The number of para-hydroxylation sites is 1. The molecule has 28 heavy (non-hydrogen) atoms. The number of rotatable bonds is 3. The van der Waals surface area contributed by atoms with Crippen molar-refractivity contribution in [2.75, 3.05) is 22.4 Å². The van der Waals surface area contributed by atoms with Crippen LogP contribution in [0.3, 0.4) is 0 Å². The van der Waals surface area contributed by atoms with E-state index in [0.717, 1.165) is 28.3 Å². The molecule has 10 heteroatoms. The summed E-state index contributed by atoms with van der Waals surface area (Å²) in [5, 5.41) is 2.20. The van der Waals surface area contributed by atoms with Gasteiger partial charge in [-0.3, -0.25) is 9.10 Å². The van der Waals surface area contributed by atoms with Gasteiger partial charge in [-0.2, -0.15) is 13.2 Å². The zero-order valence-corrected chi connectivity index (χ0v) is 15.8. The van der Waals surface area contributed by atoms with Crippen molar-refractivity contribution in [3.63, 3.8) is 0 Å². The van der Waals surface area contributed by atoms with Crippen LogP contribution in [0.15, 0.2) is 42.5 Å². The number of nitrogens with zero attached hydrogens (tertiary/aromatic N) is 1. The Morgan fingerprint density at radius 3 is 2.54 bits per heavy atom. The van der Waals surface area contributed by atoms with Gasteiger partial charge in [0.05, 0.1) is 29.7 Å². The molecule has 1 aliphatic rings. The van der Waals surface area contributed by atoms with Crippen LogP contribution in [0.5, 0.6) is 5.75 Å². The van der Waals surface area contributed by atoms with Crippen molar-refractivity contribution >= 4 is 27.3 Å². The number of halogens is 3. The average Bonchev–Trinajstić information content (AvgIpc) is 2.59. The highest BCUT2D eigenvalue weighted by Crippen LogP contribution is 2.37. The van der Waals surface area contributed by atoms with Crippen LogP contribution >= 0.6 is 0 Å². The molecular weight excluding hydrogens is 397 g/mol. The van der Waals surface area contributed by atoms with Gasteiger partial charge in [0.25, 0.3) is 5.91 Å². The van der Waals surface area contributed by atoms with Crippen molar-refractivity contribution in [1.29, 1.82) is 0 Å². The Balaban J connectivity index is 1.91. The van der Waals surface area contributed by atoms with Crippen molar-refractivity contribution in [3.8, 4) is 5.75 Å². The number of sulfonamides is 1. The van der Waals surface area contributed by atoms with E-state index in [0.29, 0.717) is 0 Å². The number of fused-ring (bicyclic) bond motifs is 1. The first-order valence-electron chi connectivity index (χ1n) is 8.19. The molecule has 2 aromatic carbocycles. The number of anilines is 2. The molecule has 1 aliphatic heterocycles. The predicted molar refractivity (Wildman–Crippen MR) is 97.9 cm³/mol. The van der Waals surface area contributed by atoms with Crippen molar-refractivity contribution in [2.24, 2.45) is 0 Å². The third kappa shape index (κ3) is 4.06. The number of benzene rings is 2. The lowest BCUT2D eigenvalue weighted by atomic mass is 10.1. The Morgan fingerprint density at radius 1 is 1.21 bits per heavy atom. The Morgan fingerprint density at radius 2 is 1.89 bits per heavy atom. The third-order valence-electron chi connectivity index (χ3n) is 4.17. The number of ether oxygens (including phenoxy) is 1. The molecule has 6 nitrogen and oxygen atoms in total. The molecule has 150 valence electrons. The Labute approximate surface area is 160 Å². The predicted octanol–water partition coefficient (Wildman–Crippen LogP) is 3.18. The van der Waals surface area contributed by atoms with Crippen LogP contribution in [-0.2, 0) is 21.0 Å². The van der Waals surface area contributed by atoms with Gasteiger partial charge in [0, 0.05) is 0 Å². The van der Waals surface area contributed by atoms with Crippen molar-refractivity contribution < 1.29 is 31.1 Å². The molecule has 1 amide bonds. The van der Waals surface area contributed by atoms with Gasteiger partial charge >= 0.3 is 6.18 Å². The van der Waals surface area contributed by atoms with Gasteiger partial charge in [0.15, 0.2) is 6.10 Å². The Bertz CT molecular complexity index is 1020. The van der Waals surface area contributed by atoms with Crippen molar-refractivity contribution in [2.45, 2.75) is 19.2 Å². The molecule has 0 saturated carbocycles. The van der Waals surface area contributed by atoms with Crippen LogP contribution < -0.4 is 14.4 Å². The summed E-state index contributed by atoms with van der Waals surface area (Å²) >= 11 is 0. The summed E-state index contributed by atoms with van der Waals surface area (Å²) in [4.78, 5) is 12.6. The van der Waals surface area contributed by atoms with Gasteiger partial charge in [-0.15, -0.1) is 0 Å². The Kier molecular flexibility index (Phi) is 5.00. The molecule has 1 unspecified atom stereocenters. The molecule has 0 aromatic heterocycles. The number of carbonyl (C=O) groups is 1. The van der Waals surface area contributed by atoms with Crippen LogP contribution in [0.2, 0.25) is 0 Å². The maximum atomic E-state index is 13.1. The summed E-state index contributed by atoms with van der Waals surface area (Å²) in [6.07, 6.45) is -4.98. The lowest BCUT2D eigenvalue weighted by molar-refractivity contribution is -0.137. The number of hydrogen-bond donors (Lipinski definition) is 1. The molecule has 1 N–H and O–H groups in total. The van der Waals surface area contributed by atoms with E-state index in [1.54, 1.807) is 19.1 Å². The number of hydrogen-bond acceptors (Lipinski definition) is 4. The zero-order chi connectivity index (χ0) is 20.7. The number of nitrogens with one attached hydrogen (secondary N) is 1. The quantitative estimate of drug-likeness (QED) is 0.837. The van der Waals surface area contributed by atoms with Crippen LogP contribution in [0.4, 0.5) is 24.5 Å². The minimum Gasteiger partial charge on any atom is -0.476 e. The minimum atomic E-state index is -4.65. The molecule has 0 radical (unpaired) electrons. The summed E-state index contributed by atoms with van der Waals surface area (Å²) in [6, 6.07) is 9.33. The van der Waals surface area contributed by atoms with E-state index >= 15 is 0 Å². The topological polar surface area (TPSA) is 75.7 Å². The lowest BCUT2D eigenvalue weighted by Crippen LogP contribution is -2.48. The molecule has 3 rings (SSSR count). The zero-order valence-electron chi connectivity index (χ0n) is 14.9. The van der Waals surface area contributed by atoms with E-state index in [4.69, 9.17) is 4.74 Å². The largest absolute Gasteiger partial charge is 0.476 e. The molecule has 0 bridgehead atoms. The third-order valence-corrected chi connectivity index (χ3v) is 5.31. The monoisotopic (exact) mass is 414 g/mol. The summed E-state index contributed by atoms with van der Waals surface area (Å²) in [7, 11) is -3.73. The second kappa shape index (κ2) is 7.01. The fraction of sp³-hybridized carbons (Fsp3) is 0.278. The SMILES string of the molecule is Cc1ccc2c(c1)N(S(C)(=O)=O)CC(C(=O)Nc1ccccc1C(F)(F)F)O2. The van der Waals surface area contributed by atoms with Gasteiger partial charge in [-0.1, -0.05) is 18.2 Å². The lowest BCUT2D eigenvalue weighted by Gasteiger charge is -2.34. The molecule has 1 atom stereocenters. The van der Waals surface area contributed by atoms with E-state index in [1.807, 2.05) is 0 Å². The fourth-order valence-corrected chi connectivity index (χ4v) is 3.77. The minimum absolute atomic E-state index is 0.159. The van der Waals surface area contributed by atoms with Gasteiger partial charge in [0.2, 0.25) is 10.0 Å².